The minimum absolute atomic E-state index is 0.0180. The molecule has 0 saturated heterocycles. The van der Waals surface area contributed by atoms with Gasteiger partial charge in [-0.05, 0) is 64.1 Å². The third kappa shape index (κ3) is 4.91. The Kier molecular flexibility index (Phi) is 6.82. The quantitative estimate of drug-likeness (QED) is 0.572. The summed E-state index contributed by atoms with van der Waals surface area (Å²) in [6.45, 7) is 7.00. The van der Waals surface area contributed by atoms with Gasteiger partial charge >= 0.3 is 5.97 Å². The lowest BCUT2D eigenvalue weighted by molar-refractivity contribution is -0.123. The van der Waals surface area contributed by atoms with Crippen LogP contribution in [0.15, 0.2) is 59.4 Å². The van der Waals surface area contributed by atoms with Crippen LogP contribution >= 0.6 is 0 Å². The van der Waals surface area contributed by atoms with Crippen molar-refractivity contribution in [2.24, 2.45) is 7.05 Å². The van der Waals surface area contributed by atoms with Crippen molar-refractivity contribution in [3.63, 3.8) is 0 Å². The van der Waals surface area contributed by atoms with Crippen LogP contribution in [-0.4, -0.2) is 33.4 Å². The van der Waals surface area contributed by atoms with Crippen molar-refractivity contribution in [1.29, 1.82) is 0 Å². The van der Waals surface area contributed by atoms with Crippen LogP contribution in [0.1, 0.15) is 36.8 Å². The smallest absolute Gasteiger partial charge is 0.338 e. The number of hydrogen-bond donors (Lipinski definition) is 1. The van der Waals surface area contributed by atoms with E-state index in [2.05, 4.69) is 5.32 Å². The lowest BCUT2D eigenvalue weighted by Crippen LogP contribution is -2.32. The minimum Gasteiger partial charge on any atom is -0.491 e. The van der Waals surface area contributed by atoms with E-state index in [0.717, 1.165) is 0 Å². The maximum Gasteiger partial charge on any atom is 0.338 e. The number of para-hydroxylation sites is 1. The SMILES string of the molecule is Cc1c(NC(=O)C(C)OC(=O)c2ccc(OC(C)C)cc2)c(=O)n(-c2ccccc2)n1C. The second-order valence-corrected chi connectivity index (χ2v) is 7.66. The van der Waals surface area contributed by atoms with Gasteiger partial charge < -0.3 is 14.8 Å². The van der Waals surface area contributed by atoms with Crippen molar-refractivity contribution in [1.82, 2.24) is 9.36 Å². The van der Waals surface area contributed by atoms with Gasteiger partial charge in [0, 0.05) is 7.05 Å². The average molecular weight is 437 g/mol. The van der Waals surface area contributed by atoms with Gasteiger partial charge in [0.25, 0.3) is 11.5 Å². The van der Waals surface area contributed by atoms with Crippen molar-refractivity contribution in [3.05, 3.63) is 76.2 Å². The molecule has 8 nitrogen and oxygen atoms in total. The predicted octanol–water partition coefficient (Wildman–Crippen LogP) is 3.46. The van der Waals surface area contributed by atoms with E-state index >= 15 is 0 Å². The summed E-state index contributed by atoms with van der Waals surface area (Å²) in [5.74, 6) is -0.601. The van der Waals surface area contributed by atoms with Crippen LogP contribution in [0.4, 0.5) is 5.69 Å². The third-order valence-electron chi connectivity index (χ3n) is 4.92. The molecule has 3 aromatic rings. The van der Waals surface area contributed by atoms with Crippen LogP contribution in [0.25, 0.3) is 5.69 Å². The number of hydrogen-bond acceptors (Lipinski definition) is 5. The largest absolute Gasteiger partial charge is 0.491 e. The molecular formula is C24H27N3O5. The molecule has 2 aromatic carbocycles. The van der Waals surface area contributed by atoms with Crippen LogP contribution in [-0.2, 0) is 16.6 Å². The zero-order chi connectivity index (χ0) is 23.4. The highest BCUT2D eigenvalue weighted by Gasteiger charge is 2.23. The number of aromatic nitrogens is 2. The highest BCUT2D eigenvalue weighted by Crippen LogP contribution is 2.17. The lowest BCUT2D eigenvalue weighted by Gasteiger charge is -2.14. The average Bonchev–Trinajstić information content (AvgIpc) is 2.97. The van der Waals surface area contributed by atoms with Gasteiger partial charge in [0.05, 0.1) is 23.0 Å². The predicted molar refractivity (Wildman–Crippen MR) is 121 cm³/mol. The molecule has 0 aliphatic rings. The molecule has 0 aliphatic carbocycles. The zero-order valence-corrected chi connectivity index (χ0v) is 18.8. The summed E-state index contributed by atoms with van der Waals surface area (Å²) in [5.41, 5.74) is 1.31. The number of carbonyl (C=O) groups is 2. The maximum atomic E-state index is 12.9. The van der Waals surface area contributed by atoms with E-state index in [1.54, 1.807) is 55.1 Å². The first-order chi connectivity index (χ1) is 15.2. The summed E-state index contributed by atoms with van der Waals surface area (Å²) in [6.07, 6.45) is -1.08. The van der Waals surface area contributed by atoms with E-state index in [-0.39, 0.29) is 17.4 Å². The summed E-state index contributed by atoms with van der Waals surface area (Å²) >= 11 is 0. The molecule has 0 aliphatic heterocycles. The molecule has 1 aromatic heterocycles. The number of rotatable bonds is 7. The molecule has 8 heteroatoms. The zero-order valence-electron chi connectivity index (χ0n) is 18.8. The molecule has 168 valence electrons. The van der Waals surface area contributed by atoms with Crippen molar-refractivity contribution in [2.75, 3.05) is 5.32 Å². The van der Waals surface area contributed by atoms with Gasteiger partial charge in [0.2, 0.25) is 0 Å². The fourth-order valence-electron chi connectivity index (χ4n) is 3.16. The summed E-state index contributed by atoms with van der Waals surface area (Å²) in [4.78, 5) is 38.0. The molecule has 0 saturated carbocycles. The molecular weight excluding hydrogens is 410 g/mol. The number of amides is 1. The van der Waals surface area contributed by atoms with Crippen molar-refractivity contribution >= 4 is 17.6 Å². The molecule has 1 N–H and O–H groups in total. The molecule has 3 rings (SSSR count). The third-order valence-corrected chi connectivity index (χ3v) is 4.92. The van der Waals surface area contributed by atoms with Crippen molar-refractivity contribution in [2.45, 2.75) is 39.9 Å². The van der Waals surface area contributed by atoms with Gasteiger partial charge in [-0.25, -0.2) is 9.48 Å². The Morgan fingerprint density at radius 2 is 1.59 bits per heavy atom. The Hall–Kier alpha value is -3.81. The molecule has 32 heavy (non-hydrogen) atoms. The number of ether oxygens (including phenoxy) is 2. The van der Waals surface area contributed by atoms with Gasteiger partial charge in [0.1, 0.15) is 11.4 Å². The molecule has 1 amide bonds. The standard InChI is InChI=1S/C24H27N3O5/c1-15(2)31-20-13-11-18(12-14-20)24(30)32-17(4)22(28)25-21-16(3)26(5)27(23(21)29)19-9-7-6-8-10-19/h6-15,17H,1-5H3,(H,25,28). The summed E-state index contributed by atoms with van der Waals surface area (Å²) in [7, 11) is 1.73. The van der Waals surface area contributed by atoms with E-state index in [4.69, 9.17) is 9.47 Å². The van der Waals surface area contributed by atoms with Crippen molar-refractivity contribution < 1.29 is 19.1 Å². The Labute approximate surface area is 186 Å². The van der Waals surface area contributed by atoms with E-state index < -0.39 is 18.0 Å². The van der Waals surface area contributed by atoms with E-state index in [1.165, 1.54) is 11.6 Å². The van der Waals surface area contributed by atoms with E-state index in [0.29, 0.717) is 22.7 Å². The molecule has 1 unspecified atom stereocenters. The number of benzene rings is 2. The summed E-state index contributed by atoms with van der Waals surface area (Å²) in [6, 6.07) is 15.6. The van der Waals surface area contributed by atoms with Gasteiger partial charge in [-0.2, -0.15) is 0 Å². The monoisotopic (exact) mass is 437 g/mol. The topological polar surface area (TPSA) is 91.6 Å². The highest BCUT2D eigenvalue weighted by atomic mass is 16.5. The fourth-order valence-corrected chi connectivity index (χ4v) is 3.16. The second kappa shape index (κ2) is 9.55. The van der Waals surface area contributed by atoms with Gasteiger partial charge in [-0.15, -0.1) is 0 Å². The van der Waals surface area contributed by atoms with Crippen LogP contribution in [0.5, 0.6) is 5.75 Å². The number of esters is 1. The second-order valence-electron chi connectivity index (χ2n) is 7.66. The molecule has 0 bridgehead atoms. The van der Waals surface area contributed by atoms with Crippen LogP contribution in [0.3, 0.4) is 0 Å². The number of carbonyl (C=O) groups excluding carboxylic acids is 2. The lowest BCUT2D eigenvalue weighted by atomic mass is 10.2. The van der Waals surface area contributed by atoms with E-state index in [9.17, 15) is 14.4 Å². The van der Waals surface area contributed by atoms with Gasteiger partial charge in [-0.3, -0.25) is 14.3 Å². The molecule has 0 spiro atoms. The van der Waals surface area contributed by atoms with E-state index in [1.807, 2.05) is 32.0 Å². The first-order valence-electron chi connectivity index (χ1n) is 10.3. The van der Waals surface area contributed by atoms with Crippen molar-refractivity contribution in [3.8, 4) is 11.4 Å². The fraction of sp³-hybridized carbons (Fsp3) is 0.292. The molecule has 1 heterocycles. The van der Waals surface area contributed by atoms with Crippen LogP contribution in [0.2, 0.25) is 0 Å². The Balaban J connectivity index is 1.71. The Morgan fingerprint density at radius 1 is 0.969 bits per heavy atom. The first-order valence-corrected chi connectivity index (χ1v) is 10.3. The Bertz CT molecular complexity index is 1160. The first kappa shape index (κ1) is 22.9. The minimum atomic E-state index is -1.10. The Morgan fingerprint density at radius 3 is 2.19 bits per heavy atom. The number of anilines is 1. The van der Waals surface area contributed by atoms with Gasteiger partial charge in [-0.1, -0.05) is 18.2 Å². The molecule has 1 atom stereocenters. The van der Waals surface area contributed by atoms with Crippen LogP contribution in [0, 0.1) is 6.92 Å². The molecule has 0 fully saturated rings. The molecule has 0 radical (unpaired) electrons. The number of nitrogens with zero attached hydrogens (tertiary/aromatic N) is 2. The maximum absolute atomic E-state index is 12.9. The summed E-state index contributed by atoms with van der Waals surface area (Å²) in [5, 5.41) is 2.61. The number of nitrogens with one attached hydrogen (secondary N) is 1. The highest BCUT2D eigenvalue weighted by molar-refractivity contribution is 5.97. The van der Waals surface area contributed by atoms with Gasteiger partial charge in [0.15, 0.2) is 6.10 Å². The van der Waals surface area contributed by atoms with Crippen LogP contribution < -0.4 is 15.6 Å². The normalized spacial score (nSPS) is 11.8. The summed E-state index contributed by atoms with van der Waals surface area (Å²) < 4.78 is 14.0.